The number of amides is 6. The van der Waals surface area contributed by atoms with Crippen LogP contribution in [0.1, 0.15) is 119 Å². The van der Waals surface area contributed by atoms with E-state index < -0.39 is 42.2 Å². The van der Waals surface area contributed by atoms with E-state index in [-0.39, 0.29) is 54.5 Å². The van der Waals surface area contributed by atoms with Gasteiger partial charge in [0.15, 0.2) is 0 Å². The lowest BCUT2D eigenvalue weighted by molar-refractivity contribution is -0.141. The molecule has 63 heavy (non-hydrogen) atoms. The standard InChI is InChI=1S/C49H64N8O6/c1-5-37(51-4)45(59)55-41(49(63)57-31-17-29-43(57)47(61)53-39-27-15-21-34-19-11-13-23-36(34)39)25-9-7-6-8-24-40(54-44(58)32(2)50-3)48(62)56-30-16-28-42(56)46(60)52-38-26-14-20-33-18-10-12-22-35(33)38/h10-13,18-19,22-23,32,37-43,50-51H,5,14-17,20-21,24-31H2,1-4H3,(H,52,60)(H,53,61)(H,54,58)(H,55,59)/t32-,37-,38+,39+,40-,41-,42-,43-/m0/s1. The molecule has 0 radical (unpaired) electrons. The lowest BCUT2D eigenvalue weighted by atomic mass is 9.87. The van der Waals surface area contributed by atoms with E-state index in [9.17, 15) is 28.8 Å². The summed E-state index contributed by atoms with van der Waals surface area (Å²) < 4.78 is 0. The summed E-state index contributed by atoms with van der Waals surface area (Å²) in [6, 6.07) is 11.5. The molecule has 2 saturated heterocycles. The fourth-order valence-corrected chi connectivity index (χ4v) is 9.37. The van der Waals surface area contributed by atoms with E-state index in [1.54, 1.807) is 30.8 Å². The predicted octanol–water partition coefficient (Wildman–Crippen LogP) is 2.72. The average Bonchev–Trinajstić information content (AvgIpc) is 4.01. The molecule has 2 aromatic carbocycles. The number of likely N-dealkylation sites (N-methyl/N-ethyl adjacent to an activating group) is 2. The van der Waals surface area contributed by atoms with Gasteiger partial charge in [0.05, 0.1) is 24.2 Å². The summed E-state index contributed by atoms with van der Waals surface area (Å²) in [6.07, 6.45) is 8.21. The van der Waals surface area contributed by atoms with Gasteiger partial charge >= 0.3 is 0 Å². The third kappa shape index (κ3) is 11.7. The second kappa shape index (κ2) is 22.6. The molecule has 0 unspecified atom stereocenters. The van der Waals surface area contributed by atoms with Crippen LogP contribution < -0.4 is 31.9 Å². The maximum atomic E-state index is 14.2. The van der Waals surface area contributed by atoms with Crippen LogP contribution in [-0.2, 0) is 41.6 Å². The smallest absolute Gasteiger partial charge is 0.246 e. The number of carbonyl (C=O) groups is 6. The largest absolute Gasteiger partial charge is 0.347 e. The Morgan fingerprint density at radius 1 is 0.619 bits per heavy atom. The van der Waals surface area contributed by atoms with Crippen molar-refractivity contribution in [2.24, 2.45) is 0 Å². The summed E-state index contributed by atoms with van der Waals surface area (Å²) in [5.74, 6) is 9.48. The first-order valence-electron chi connectivity index (χ1n) is 22.8. The Hall–Kier alpha value is -5.70. The molecule has 6 amide bonds. The molecule has 336 valence electrons. The predicted molar refractivity (Wildman–Crippen MR) is 240 cm³/mol. The highest BCUT2D eigenvalue weighted by Gasteiger charge is 2.40. The van der Waals surface area contributed by atoms with Gasteiger partial charge in [-0.3, -0.25) is 28.8 Å². The number of benzene rings is 2. The molecule has 0 aromatic heterocycles. The number of nitrogens with one attached hydrogen (secondary N) is 6. The fourth-order valence-electron chi connectivity index (χ4n) is 9.37. The van der Waals surface area contributed by atoms with Crippen LogP contribution in [0, 0.1) is 23.7 Å². The van der Waals surface area contributed by atoms with E-state index >= 15 is 0 Å². The molecule has 2 aliphatic carbocycles. The Balaban J connectivity index is 1.13. The number of likely N-dealkylation sites (tertiary alicyclic amines) is 2. The second-order valence-corrected chi connectivity index (χ2v) is 17.1. The molecule has 2 fully saturated rings. The van der Waals surface area contributed by atoms with Crippen molar-refractivity contribution in [3.8, 4) is 23.7 Å². The lowest BCUT2D eigenvalue weighted by Crippen LogP contribution is -2.56. The summed E-state index contributed by atoms with van der Waals surface area (Å²) in [5.41, 5.74) is 4.68. The SMILES string of the molecule is CC[C@H](NC)C(=O)N[C@@H](CC#CC#CC[C@H](NC(=O)[C@H](C)NC)C(=O)N1CCC[C@H]1C(=O)N[C@@H]1CCCc2ccccc21)C(=O)N1CCC[C@H]1C(=O)N[C@@H]1CCCc2ccccc21. The molecule has 6 N–H and O–H groups in total. The normalized spacial score (nSPS) is 22.0. The van der Waals surface area contributed by atoms with Gasteiger partial charge in [-0.1, -0.05) is 67.3 Å². The Kier molecular flexibility index (Phi) is 16.8. The number of carbonyl (C=O) groups excluding carboxylic acids is 6. The van der Waals surface area contributed by atoms with Crippen molar-refractivity contribution < 1.29 is 28.8 Å². The molecule has 2 heterocycles. The number of hydrogen-bond acceptors (Lipinski definition) is 8. The molecular weight excluding hydrogens is 797 g/mol. The molecule has 2 aromatic rings. The topological polar surface area (TPSA) is 181 Å². The van der Waals surface area contributed by atoms with Crippen LogP contribution in [0.3, 0.4) is 0 Å². The average molecular weight is 861 g/mol. The van der Waals surface area contributed by atoms with Gasteiger partial charge in [0, 0.05) is 25.9 Å². The summed E-state index contributed by atoms with van der Waals surface area (Å²) in [7, 11) is 3.33. The van der Waals surface area contributed by atoms with Crippen LogP contribution in [-0.4, -0.2) is 109 Å². The number of fused-ring (bicyclic) bond motifs is 2. The van der Waals surface area contributed by atoms with E-state index in [1.807, 2.05) is 37.3 Å². The molecule has 14 heteroatoms. The van der Waals surface area contributed by atoms with Gasteiger partial charge < -0.3 is 41.7 Å². The van der Waals surface area contributed by atoms with E-state index in [0.29, 0.717) is 45.2 Å². The van der Waals surface area contributed by atoms with Crippen molar-refractivity contribution in [3.05, 3.63) is 70.8 Å². The minimum absolute atomic E-state index is 0.0605. The zero-order valence-corrected chi connectivity index (χ0v) is 37.2. The van der Waals surface area contributed by atoms with Crippen LogP contribution in [0.25, 0.3) is 0 Å². The van der Waals surface area contributed by atoms with Crippen molar-refractivity contribution in [2.45, 2.75) is 146 Å². The quantitative estimate of drug-likeness (QED) is 0.148. The Bertz CT molecular complexity index is 2120. The highest BCUT2D eigenvalue weighted by molar-refractivity contribution is 5.95. The molecule has 4 aliphatic rings. The third-order valence-electron chi connectivity index (χ3n) is 13.0. The summed E-state index contributed by atoms with van der Waals surface area (Å²) in [6.45, 7) is 4.31. The van der Waals surface area contributed by atoms with Crippen LogP contribution in [0.2, 0.25) is 0 Å². The molecule has 0 bridgehead atoms. The zero-order chi connectivity index (χ0) is 44.9. The number of rotatable bonds is 15. The maximum Gasteiger partial charge on any atom is 0.246 e. The van der Waals surface area contributed by atoms with Gasteiger partial charge in [-0.2, -0.15) is 0 Å². The van der Waals surface area contributed by atoms with E-state index in [0.717, 1.165) is 49.7 Å². The van der Waals surface area contributed by atoms with Crippen LogP contribution in [0.15, 0.2) is 48.5 Å². The molecule has 2 aliphatic heterocycles. The summed E-state index contributed by atoms with van der Waals surface area (Å²) in [5, 5.41) is 18.0. The molecule has 14 nitrogen and oxygen atoms in total. The molecule has 0 spiro atoms. The van der Waals surface area contributed by atoms with E-state index in [1.165, 1.54) is 11.1 Å². The lowest BCUT2D eigenvalue weighted by Gasteiger charge is -2.31. The highest BCUT2D eigenvalue weighted by Crippen LogP contribution is 2.32. The van der Waals surface area contributed by atoms with Crippen molar-refractivity contribution in [2.75, 3.05) is 27.2 Å². The molecule has 8 atom stereocenters. The Morgan fingerprint density at radius 2 is 1.08 bits per heavy atom. The number of aryl methyl sites for hydroxylation is 2. The maximum absolute atomic E-state index is 14.2. The van der Waals surface area contributed by atoms with Crippen LogP contribution in [0.5, 0.6) is 0 Å². The monoisotopic (exact) mass is 860 g/mol. The molecular formula is C49H64N8O6. The van der Waals surface area contributed by atoms with Crippen molar-refractivity contribution in [3.63, 3.8) is 0 Å². The van der Waals surface area contributed by atoms with Crippen molar-refractivity contribution >= 4 is 35.4 Å². The highest BCUT2D eigenvalue weighted by atomic mass is 16.2. The molecule has 6 rings (SSSR count). The van der Waals surface area contributed by atoms with Crippen molar-refractivity contribution in [1.82, 2.24) is 41.7 Å². The van der Waals surface area contributed by atoms with E-state index in [2.05, 4.69) is 73.8 Å². The number of hydrogen-bond donors (Lipinski definition) is 6. The van der Waals surface area contributed by atoms with Crippen LogP contribution >= 0.6 is 0 Å². The van der Waals surface area contributed by atoms with Gasteiger partial charge in [-0.25, -0.2) is 0 Å². The van der Waals surface area contributed by atoms with Crippen molar-refractivity contribution in [1.29, 1.82) is 0 Å². The Morgan fingerprint density at radius 3 is 1.52 bits per heavy atom. The minimum Gasteiger partial charge on any atom is -0.347 e. The third-order valence-corrected chi connectivity index (χ3v) is 13.0. The number of nitrogens with zero attached hydrogens (tertiary/aromatic N) is 2. The van der Waals surface area contributed by atoms with Gasteiger partial charge in [-0.15, -0.1) is 0 Å². The van der Waals surface area contributed by atoms with Gasteiger partial charge in [0.25, 0.3) is 0 Å². The molecule has 0 saturated carbocycles. The first-order valence-corrected chi connectivity index (χ1v) is 22.8. The van der Waals surface area contributed by atoms with Gasteiger partial charge in [-0.05, 0) is 126 Å². The second-order valence-electron chi connectivity index (χ2n) is 17.1. The van der Waals surface area contributed by atoms with Gasteiger partial charge in [0.1, 0.15) is 24.2 Å². The minimum atomic E-state index is -1.03. The summed E-state index contributed by atoms with van der Waals surface area (Å²) in [4.78, 5) is 85.4. The van der Waals surface area contributed by atoms with Gasteiger partial charge in [0.2, 0.25) is 35.4 Å². The first-order chi connectivity index (χ1) is 30.5. The fraction of sp³-hybridized carbons (Fsp3) is 0.551. The van der Waals surface area contributed by atoms with E-state index in [4.69, 9.17) is 0 Å². The van der Waals surface area contributed by atoms with Crippen LogP contribution in [0.4, 0.5) is 0 Å². The summed E-state index contributed by atoms with van der Waals surface area (Å²) >= 11 is 0. The Labute approximate surface area is 372 Å². The first kappa shape index (κ1) is 46.8. The zero-order valence-electron chi connectivity index (χ0n) is 37.2.